The van der Waals surface area contributed by atoms with Crippen molar-refractivity contribution in [1.29, 1.82) is 0 Å². The molecule has 4 aliphatic carbocycles. The Kier molecular flexibility index (Phi) is 6.40. The molecule has 192 valence electrons. The van der Waals surface area contributed by atoms with E-state index in [-0.39, 0.29) is 17.1 Å². The fraction of sp³-hybridized carbons (Fsp3) is 0.500. The van der Waals surface area contributed by atoms with Gasteiger partial charge in [-0.15, -0.1) is 0 Å². The number of amides is 1. The summed E-state index contributed by atoms with van der Waals surface area (Å²) in [5.74, 6) is 3.47. The molecule has 0 atom stereocenters. The van der Waals surface area contributed by atoms with Gasteiger partial charge in [-0.3, -0.25) is 19.2 Å². The smallest absolute Gasteiger partial charge is 0.271 e. The Morgan fingerprint density at radius 3 is 2.19 bits per heavy atom. The molecule has 1 amide bonds. The number of nitrogens with zero attached hydrogens (tertiary/aromatic N) is 2. The first kappa shape index (κ1) is 24.5. The minimum atomic E-state index is -3.94. The molecule has 36 heavy (non-hydrogen) atoms. The van der Waals surface area contributed by atoms with E-state index in [1.807, 2.05) is 12.1 Å². The molecule has 0 aromatic heterocycles. The number of rotatable bonds is 8. The zero-order chi connectivity index (χ0) is 25.6. The molecule has 4 saturated carbocycles. The zero-order valence-corrected chi connectivity index (χ0v) is 21.2. The van der Waals surface area contributed by atoms with Gasteiger partial charge in [0.2, 0.25) is 15.9 Å². The number of anilines is 2. The summed E-state index contributed by atoms with van der Waals surface area (Å²) in [5.41, 5.74) is 1.52. The Morgan fingerprint density at radius 2 is 1.67 bits per heavy atom. The van der Waals surface area contributed by atoms with E-state index in [1.165, 1.54) is 56.9 Å². The quantitative estimate of drug-likeness (QED) is 0.409. The lowest BCUT2D eigenvalue weighted by Crippen LogP contribution is -2.43. The van der Waals surface area contributed by atoms with E-state index >= 15 is 0 Å². The van der Waals surface area contributed by atoms with Crippen LogP contribution in [0.4, 0.5) is 17.1 Å². The summed E-state index contributed by atoms with van der Waals surface area (Å²) in [7, 11) is -2.61. The monoisotopic (exact) mass is 513 g/mol. The fourth-order valence-corrected chi connectivity index (χ4v) is 7.81. The minimum absolute atomic E-state index is 0.0680. The van der Waals surface area contributed by atoms with Crippen molar-refractivity contribution in [3.8, 4) is 5.75 Å². The van der Waals surface area contributed by atoms with Gasteiger partial charge >= 0.3 is 0 Å². The molecule has 10 heteroatoms. The van der Waals surface area contributed by atoms with Crippen LogP contribution in [0.2, 0.25) is 0 Å². The number of carbonyl (C=O) groups is 1. The SMILES string of the molecule is COc1ccc([N+](=O)[O-])cc1N(CC(=O)Nc1ccc(C2C3CC4CC(C3)CC2C4)cc1)S(C)(=O)=O. The topological polar surface area (TPSA) is 119 Å². The van der Waals surface area contributed by atoms with Gasteiger partial charge in [-0.2, -0.15) is 0 Å². The molecule has 0 spiro atoms. The molecular formula is C26H31N3O6S. The van der Waals surface area contributed by atoms with E-state index in [0.29, 0.717) is 11.6 Å². The standard InChI is InChI=1S/C26H31N3O6S/c1-35-24-8-7-22(29(31)32)14-23(24)28(36(2,33)34)15-25(30)27-21-5-3-18(4-6-21)26-19-10-16-9-17(12-19)13-20(26)11-16/h3-8,14,16-17,19-20,26H,9-13,15H2,1-2H3,(H,27,30). The van der Waals surface area contributed by atoms with Crippen molar-refractivity contribution in [2.75, 3.05) is 29.5 Å². The molecule has 0 aliphatic heterocycles. The van der Waals surface area contributed by atoms with Crippen molar-refractivity contribution in [1.82, 2.24) is 0 Å². The Hall–Kier alpha value is -3.14. The van der Waals surface area contributed by atoms with Gasteiger partial charge in [-0.25, -0.2) is 8.42 Å². The second-order valence-electron chi connectivity index (χ2n) is 10.5. The van der Waals surface area contributed by atoms with E-state index in [4.69, 9.17) is 4.74 Å². The lowest BCUT2D eigenvalue weighted by molar-refractivity contribution is -0.384. The van der Waals surface area contributed by atoms with Crippen molar-refractivity contribution in [2.24, 2.45) is 23.7 Å². The summed E-state index contributed by atoms with van der Waals surface area (Å²) in [5, 5.41) is 14.0. The first-order chi connectivity index (χ1) is 17.1. The number of benzene rings is 2. The molecule has 1 N–H and O–H groups in total. The third-order valence-corrected chi connectivity index (χ3v) is 9.26. The highest BCUT2D eigenvalue weighted by Gasteiger charge is 2.48. The highest BCUT2D eigenvalue weighted by Crippen LogP contribution is 2.59. The Labute approximate surface area is 211 Å². The average Bonchev–Trinajstić information content (AvgIpc) is 2.82. The van der Waals surface area contributed by atoms with E-state index in [2.05, 4.69) is 17.4 Å². The molecule has 6 rings (SSSR count). The van der Waals surface area contributed by atoms with E-state index in [9.17, 15) is 23.3 Å². The summed E-state index contributed by atoms with van der Waals surface area (Å²) in [4.78, 5) is 23.5. The van der Waals surface area contributed by atoms with Gasteiger partial charge in [-0.05, 0) is 85.5 Å². The van der Waals surface area contributed by atoms with Gasteiger partial charge in [0.05, 0.1) is 18.3 Å². The van der Waals surface area contributed by atoms with E-state index < -0.39 is 27.4 Å². The van der Waals surface area contributed by atoms with Crippen LogP contribution < -0.4 is 14.4 Å². The third kappa shape index (κ3) is 4.78. The summed E-state index contributed by atoms with van der Waals surface area (Å²) < 4.78 is 31.1. The van der Waals surface area contributed by atoms with Crippen LogP contribution in [-0.4, -0.2) is 39.2 Å². The number of carbonyl (C=O) groups excluding carboxylic acids is 1. The number of sulfonamides is 1. The van der Waals surface area contributed by atoms with E-state index in [0.717, 1.165) is 40.3 Å². The zero-order valence-electron chi connectivity index (χ0n) is 20.4. The minimum Gasteiger partial charge on any atom is -0.495 e. The highest BCUT2D eigenvalue weighted by molar-refractivity contribution is 7.92. The normalized spacial score (nSPS) is 26.4. The maximum atomic E-state index is 12.9. The number of nitro groups is 1. The lowest BCUT2D eigenvalue weighted by Gasteiger charge is -2.54. The highest BCUT2D eigenvalue weighted by atomic mass is 32.2. The maximum Gasteiger partial charge on any atom is 0.271 e. The van der Waals surface area contributed by atoms with Crippen LogP contribution >= 0.6 is 0 Å². The fourth-order valence-electron chi connectivity index (χ4n) is 6.96. The first-order valence-corrected chi connectivity index (χ1v) is 14.2. The number of non-ortho nitro benzene ring substituents is 1. The number of hydrogen-bond donors (Lipinski definition) is 1. The van der Waals surface area contributed by atoms with Gasteiger partial charge in [-0.1, -0.05) is 12.1 Å². The number of hydrogen-bond acceptors (Lipinski definition) is 6. The van der Waals surface area contributed by atoms with Crippen molar-refractivity contribution in [3.05, 3.63) is 58.1 Å². The van der Waals surface area contributed by atoms with Crippen molar-refractivity contribution in [3.63, 3.8) is 0 Å². The summed E-state index contributed by atoms with van der Waals surface area (Å²) >= 11 is 0. The van der Waals surface area contributed by atoms with Crippen LogP contribution in [0, 0.1) is 33.8 Å². The molecule has 4 aliphatic rings. The molecular weight excluding hydrogens is 482 g/mol. The largest absolute Gasteiger partial charge is 0.495 e. The van der Waals surface area contributed by atoms with Crippen LogP contribution in [-0.2, 0) is 14.8 Å². The van der Waals surface area contributed by atoms with Crippen LogP contribution in [0.25, 0.3) is 0 Å². The van der Waals surface area contributed by atoms with Gasteiger partial charge < -0.3 is 10.1 Å². The molecule has 0 heterocycles. The third-order valence-electron chi connectivity index (χ3n) is 8.14. The molecule has 4 bridgehead atoms. The number of ether oxygens (including phenoxy) is 1. The average molecular weight is 514 g/mol. The molecule has 9 nitrogen and oxygen atoms in total. The van der Waals surface area contributed by atoms with Gasteiger partial charge in [0.1, 0.15) is 18.0 Å². The van der Waals surface area contributed by atoms with Crippen LogP contribution in [0.3, 0.4) is 0 Å². The summed E-state index contributed by atoms with van der Waals surface area (Å²) in [6.45, 7) is -0.548. The van der Waals surface area contributed by atoms with Crippen molar-refractivity contribution in [2.45, 2.75) is 38.0 Å². The molecule has 0 radical (unpaired) electrons. The number of methoxy groups -OCH3 is 1. The second-order valence-corrected chi connectivity index (χ2v) is 12.4. The van der Waals surface area contributed by atoms with Crippen molar-refractivity contribution < 1.29 is 22.9 Å². The van der Waals surface area contributed by atoms with Gasteiger partial charge in [0.15, 0.2) is 0 Å². The number of nitrogens with one attached hydrogen (secondary N) is 1. The van der Waals surface area contributed by atoms with Crippen LogP contribution in [0.15, 0.2) is 42.5 Å². The van der Waals surface area contributed by atoms with Crippen LogP contribution in [0.5, 0.6) is 5.75 Å². The van der Waals surface area contributed by atoms with Crippen molar-refractivity contribution >= 4 is 33.0 Å². The Morgan fingerprint density at radius 1 is 1.06 bits per heavy atom. The maximum absolute atomic E-state index is 12.9. The Bertz CT molecular complexity index is 1250. The molecule has 0 unspecified atom stereocenters. The molecule has 0 saturated heterocycles. The summed E-state index contributed by atoms with van der Waals surface area (Å²) in [6, 6.07) is 11.5. The predicted octanol–water partition coefficient (Wildman–Crippen LogP) is 4.55. The molecule has 4 fully saturated rings. The molecule has 2 aromatic carbocycles. The molecule has 2 aromatic rings. The van der Waals surface area contributed by atoms with Crippen LogP contribution in [0.1, 0.15) is 43.6 Å². The predicted molar refractivity (Wildman–Crippen MR) is 137 cm³/mol. The second kappa shape index (κ2) is 9.38. The lowest BCUT2D eigenvalue weighted by atomic mass is 9.51. The summed E-state index contributed by atoms with van der Waals surface area (Å²) in [6.07, 6.45) is 7.68. The van der Waals surface area contributed by atoms with Gasteiger partial charge in [0, 0.05) is 17.8 Å². The van der Waals surface area contributed by atoms with Gasteiger partial charge in [0.25, 0.3) is 5.69 Å². The first-order valence-electron chi connectivity index (χ1n) is 12.3. The number of nitro benzene ring substituents is 1. The Balaban J connectivity index is 1.31. The van der Waals surface area contributed by atoms with E-state index in [1.54, 1.807) is 0 Å².